The third-order valence-corrected chi connectivity index (χ3v) is 3.94. The standard InChI is InChI=1S/C12H15N3S/c1-3-10(9-13-5-1)15-7-6-14-12(15)11-4-2-8-16-11/h2,4,6-8,10,13H,1,3,5,9H2/t10-/m1/s1. The van der Waals surface area contributed by atoms with E-state index in [1.165, 1.54) is 17.7 Å². The van der Waals surface area contributed by atoms with Crippen LogP contribution in [0.15, 0.2) is 29.9 Å². The first-order valence-corrected chi connectivity index (χ1v) is 6.60. The molecule has 1 aliphatic rings. The highest BCUT2D eigenvalue weighted by Gasteiger charge is 2.18. The van der Waals surface area contributed by atoms with E-state index in [0.29, 0.717) is 6.04 Å². The summed E-state index contributed by atoms with van der Waals surface area (Å²) in [6.45, 7) is 2.22. The fourth-order valence-corrected chi connectivity index (χ4v) is 3.00. The molecule has 2 aromatic heterocycles. The maximum atomic E-state index is 4.48. The van der Waals surface area contributed by atoms with Crippen LogP contribution in [-0.2, 0) is 0 Å². The Morgan fingerprint density at radius 2 is 2.50 bits per heavy atom. The lowest BCUT2D eigenvalue weighted by molar-refractivity contribution is 0.374. The molecular weight excluding hydrogens is 218 g/mol. The molecule has 84 valence electrons. The summed E-state index contributed by atoms with van der Waals surface area (Å²) >= 11 is 1.76. The first-order valence-electron chi connectivity index (χ1n) is 5.72. The first kappa shape index (κ1) is 10.1. The summed E-state index contributed by atoms with van der Waals surface area (Å²) in [6, 6.07) is 4.78. The molecule has 1 atom stereocenters. The van der Waals surface area contributed by atoms with Crippen molar-refractivity contribution in [3.63, 3.8) is 0 Å². The molecule has 3 nitrogen and oxygen atoms in total. The number of nitrogens with zero attached hydrogens (tertiary/aromatic N) is 2. The van der Waals surface area contributed by atoms with Crippen LogP contribution in [0.3, 0.4) is 0 Å². The molecular formula is C12H15N3S. The summed E-state index contributed by atoms with van der Waals surface area (Å²) in [5.41, 5.74) is 0. The second-order valence-electron chi connectivity index (χ2n) is 4.14. The smallest absolute Gasteiger partial charge is 0.150 e. The Balaban J connectivity index is 1.92. The summed E-state index contributed by atoms with van der Waals surface area (Å²) in [7, 11) is 0. The topological polar surface area (TPSA) is 29.9 Å². The Bertz CT molecular complexity index is 441. The number of aromatic nitrogens is 2. The van der Waals surface area contributed by atoms with Crippen LogP contribution in [0.1, 0.15) is 18.9 Å². The van der Waals surface area contributed by atoms with Gasteiger partial charge in [0, 0.05) is 25.0 Å². The third kappa shape index (κ3) is 1.79. The van der Waals surface area contributed by atoms with E-state index >= 15 is 0 Å². The Labute approximate surface area is 99.1 Å². The van der Waals surface area contributed by atoms with Gasteiger partial charge in [0.05, 0.1) is 4.88 Å². The van der Waals surface area contributed by atoms with Gasteiger partial charge in [0.15, 0.2) is 0 Å². The molecule has 1 N–H and O–H groups in total. The average Bonchev–Trinajstić information content (AvgIpc) is 3.01. The van der Waals surface area contributed by atoms with Crippen molar-refractivity contribution in [3.05, 3.63) is 29.9 Å². The third-order valence-electron chi connectivity index (χ3n) is 3.07. The van der Waals surface area contributed by atoms with Crippen molar-refractivity contribution in [3.8, 4) is 10.7 Å². The van der Waals surface area contributed by atoms with Crippen molar-refractivity contribution in [1.29, 1.82) is 0 Å². The van der Waals surface area contributed by atoms with Gasteiger partial charge < -0.3 is 9.88 Å². The van der Waals surface area contributed by atoms with E-state index in [1.54, 1.807) is 11.3 Å². The Morgan fingerprint density at radius 1 is 1.50 bits per heavy atom. The molecule has 3 heterocycles. The quantitative estimate of drug-likeness (QED) is 0.864. The minimum Gasteiger partial charge on any atom is -0.326 e. The van der Waals surface area contributed by atoms with E-state index in [-0.39, 0.29) is 0 Å². The molecule has 1 saturated heterocycles. The summed E-state index contributed by atoms with van der Waals surface area (Å²) in [6.07, 6.45) is 6.52. The SMILES string of the molecule is c1csc(-c2nccn2[C@@H]2CCCNC2)c1. The molecule has 1 fully saturated rings. The van der Waals surface area contributed by atoms with Gasteiger partial charge in [0.1, 0.15) is 5.82 Å². The zero-order valence-corrected chi connectivity index (χ0v) is 9.91. The van der Waals surface area contributed by atoms with E-state index in [9.17, 15) is 0 Å². The fourth-order valence-electron chi connectivity index (χ4n) is 2.28. The second kappa shape index (κ2) is 4.39. The molecule has 0 aliphatic carbocycles. The molecule has 1 aliphatic heterocycles. The lowest BCUT2D eigenvalue weighted by Gasteiger charge is -2.25. The van der Waals surface area contributed by atoms with Crippen LogP contribution in [0.5, 0.6) is 0 Å². The fraction of sp³-hybridized carbons (Fsp3) is 0.417. The van der Waals surface area contributed by atoms with Crippen LogP contribution in [0.25, 0.3) is 10.7 Å². The number of nitrogens with one attached hydrogen (secondary N) is 1. The van der Waals surface area contributed by atoms with E-state index in [4.69, 9.17) is 0 Å². The highest BCUT2D eigenvalue weighted by atomic mass is 32.1. The minimum atomic E-state index is 0.563. The molecule has 0 amide bonds. The lowest BCUT2D eigenvalue weighted by Crippen LogP contribution is -2.31. The van der Waals surface area contributed by atoms with Gasteiger partial charge in [-0.3, -0.25) is 0 Å². The zero-order valence-electron chi connectivity index (χ0n) is 9.10. The second-order valence-corrected chi connectivity index (χ2v) is 5.08. The van der Waals surface area contributed by atoms with Gasteiger partial charge >= 0.3 is 0 Å². The van der Waals surface area contributed by atoms with Crippen molar-refractivity contribution in [2.75, 3.05) is 13.1 Å². The highest BCUT2D eigenvalue weighted by molar-refractivity contribution is 7.13. The minimum absolute atomic E-state index is 0.563. The average molecular weight is 233 g/mol. The summed E-state index contributed by atoms with van der Waals surface area (Å²) in [4.78, 5) is 5.74. The number of imidazole rings is 1. The van der Waals surface area contributed by atoms with Crippen LogP contribution >= 0.6 is 11.3 Å². The largest absolute Gasteiger partial charge is 0.326 e. The molecule has 4 heteroatoms. The highest BCUT2D eigenvalue weighted by Crippen LogP contribution is 2.27. The van der Waals surface area contributed by atoms with E-state index in [1.807, 2.05) is 6.20 Å². The Morgan fingerprint density at radius 3 is 3.25 bits per heavy atom. The number of hydrogen-bond acceptors (Lipinski definition) is 3. The molecule has 2 aromatic rings. The van der Waals surface area contributed by atoms with Crippen molar-refractivity contribution in [2.45, 2.75) is 18.9 Å². The van der Waals surface area contributed by atoms with Gasteiger partial charge in [-0.1, -0.05) is 6.07 Å². The van der Waals surface area contributed by atoms with E-state index in [2.05, 4.69) is 38.6 Å². The van der Waals surface area contributed by atoms with Crippen molar-refractivity contribution < 1.29 is 0 Å². The van der Waals surface area contributed by atoms with Crippen LogP contribution in [-0.4, -0.2) is 22.6 Å². The number of rotatable bonds is 2. The van der Waals surface area contributed by atoms with Crippen molar-refractivity contribution in [1.82, 2.24) is 14.9 Å². The summed E-state index contributed by atoms with van der Waals surface area (Å²) < 4.78 is 2.32. The van der Waals surface area contributed by atoms with Gasteiger partial charge in [-0.25, -0.2) is 4.98 Å². The summed E-state index contributed by atoms with van der Waals surface area (Å²) in [5.74, 6) is 1.11. The number of piperidine rings is 1. The predicted molar refractivity (Wildman–Crippen MR) is 66.7 cm³/mol. The van der Waals surface area contributed by atoms with Crippen LogP contribution in [0.4, 0.5) is 0 Å². The van der Waals surface area contributed by atoms with Gasteiger partial charge in [-0.15, -0.1) is 11.3 Å². The van der Waals surface area contributed by atoms with Gasteiger partial charge in [-0.05, 0) is 30.8 Å². The summed E-state index contributed by atoms with van der Waals surface area (Å²) in [5, 5.41) is 5.56. The Hall–Kier alpha value is -1.13. The number of hydrogen-bond donors (Lipinski definition) is 1. The molecule has 0 spiro atoms. The van der Waals surface area contributed by atoms with Crippen LogP contribution < -0.4 is 5.32 Å². The molecule has 0 aromatic carbocycles. The maximum absolute atomic E-state index is 4.48. The zero-order chi connectivity index (χ0) is 10.8. The van der Waals surface area contributed by atoms with Gasteiger partial charge in [-0.2, -0.15) is 0 Å². The van der Waals surface area contributed by atoms with Crippen molar-refractivity contribution in [2.24, 2.45) is 0 Å². The first-order chi connectivity index (χ1) is 7.95. The predicted octanol–water partition coefficient (Wildman–Crippen LogP) is 2.54. The van der Waals surface area contributed by atoms with E-state index < -0.39 is 0 Å². The monoisotopic (exact) mass is 233 g/mol. The number of thiophene rings is 1. The molecule has 16 heavy (non-hydrogen) atoms. The molecule has 0 saturated carbocycles. The maximum Gasteiger partial charge on any atom is 0.150 e. The molecule has 0 bridgehead atoms. The molecule has 0 radical (unpaired) electrons. The van der Waals surface area contributed by atoms with Crippen LogP contribution in [0.2, 0.25) is 0 Å². The van der Waals surface area contributed by atoms with Gasteiger partial charge in [0.2, 0.25) is 0 Å². The van der Waals surface area contributed by atoms with Gasteiger partial charge in [0.25, 0.3) is 0 Å². The van der Waals surface area contributed by atoms with Crippen molar-refractivity contribution >= 4 is 11.3 Å². The molecule has 3 rings (SSSR count). The normalized spacial score (nSPS) is 21.1. The van der Waals surface area contributed by atoms with Crippen LogP contribution in [0, 0.1) is 0 Å². The molecule has 0 unspecified atom stereocenters. The lowest BCUT2D eigenvalue weighted by atomic mass is 10.1. The van der Waals surface area contributed by atoms with E-state index in [0.717, 1.165) is 18.9 Å². The Kier molecular flexibility index (Phi) is 2.76.